The third kappa shape index (κ3) is 4.65. The summed E-state index contributed by atoms with van der Waals surface area (Å²) in [5, 5.41) is 7.46. The fraction of sp³-hybridized carbons (Fsp3) is 0.250. The van der Waals surface area contributed by atoms with Gasteiger partial charge >= 0.3 is 0 Å². The number of nitrogens with one attached hydrogen (secondary N) is 1. The molecule has 0 saturated heterocycles. The van der Waals surface area contributed by atoms with E-state index in [0.29, 0.717) is 19.0 Å². The van der Waals surface area contributed by atoms with Crippen LogP contribution in [0.1, 0.15) is 27.4 Å². The van der Waals surface area contributed by atoms with Crippen LogP contribution in [0.3, 0.4) is 0 Å². The third-order valence-electron chi connectivity index (χ3n) is 3.92. The van der Waals surface area contributed by atoms with Gasteiger partial charge < -0.3 is 10.1 Å². The molecule has 0 spiro atoms. The highest BCUT2D eigenvalue weighted by Gasteiger charge is 2.15. The van der Waals surface area contributed by atoms with E-state index in [9.17, 15) is 4.79 Å². The molecule has 7 heteroatoms. The average molecular weight is 385 g/mol. The van der Waals surface area contributed by atoms with Crippen LogP contribution in [0.25, 0.3) is 5.82 Å². The first kappa shape index (κ1) is 18.9. The summed E-state index contributed by atoms with van der Waals surface area (Å²) in [7, 11) is 0. The molecule has 0 fully saturated rings. The smallest absolute Gasteiger partial charge is 0.271 e. The van der Waals surface area contributed by atoms with Crippen molar-refractivity contribution < 1.29 is 9.53 Å². The molecule has 0 saturated carbocycles. The van der Waals surface area contributed by atoms with E-state index >= 15 is 0 Å². The van der Waals surface area contributed by atoms with Crippen LogP contribution >= 0.6 is 11.6 Å². The van der Waals surface area contributed by atoms with Crippen molar-refractivity contribution in [1.82, 2.24) is 20.1 Å². The van der Waals surface area contributed by atoms with E-state index in [2.05, 4.69) is 15.4 Å². The second-order valence-electron chi connectivity index (χ2n) is 6.26. The summed E-state index contributed by atoms with van der Waals surface area (Å²) < 4.78 is 7.32. The van der Waals surface area contributed by atoms with E-state index in [1.165, 1.54) is 0 Å². The highest BCUT2D eigenvalue weighted by molar-refractivity contribution is 6.33. The van der Waals surface area contributed by atoms with Crippen LogP contribution in [0.2, 0.25) is 5.02 Å². The third-order valence-corrected chi connectivity index (χ3v) is 4.22. The van der Waals surface area contributed by atoms with Crippen LogP contribution in [0.4, 0.5) is 0 Å². The Morgan fingerprint density at radius 2 is 2.00 bits per heavy atom. The number of aryl methyl sites for hydroxylation is 3. The van der Waals surface area contributed by atoms with Crippen LogP contribution in [-0.4, -0.2) is 33.8 Å². The Balaban J connectivity index is 1.64. The van der Waals surface area contributed by atoms with Crippen molar-refractivity contribution in [1.29, 1.82) is 0 Å². The average Bonchev–Trinajstić information content (AvgIpc) is 2.97. The summed E-state index contributed by atoms with van der Waals surface area (Å²) in [6, 6.07) is 13.1. The first-order valence-corrected chi connectivity index (χ1v) is 8.99. The minimum absolute atomic E-state index is 0.164. The van der Waals surface area contributed by atoms with Crippen molar-refractivity contribution in [3.8, 4) is 11.6 Å². The second-order valence-corrected chi connectivity index (χ2v) is 6.67. The highest BCUT2D eigenvalue weighted by Crippen LogP contribution is 2.18. The quantitative estimate of drug-likeness (QED) is 0.658. The van der Waals surface area contributed by atoms with Crippen LogP contribution in [0.5, 0.6) is 5.75 Å². The van der Waals surface area contributed by atoms with E-state index in [1.807, 2.05) is 51.1 Å². The van der Waals surface area contributed by atoms with Gasteiger partial charge in [0.25, 0.3) is 5.91 Å². The molecule has 27 heavy (non-hydrogen) atoms. The van der Waals surface area contributed by atoms with Crippen molar-refractivity contribution in [3.05, 3.63) is 70.1 Å². The Bertz CT molecular complexity index is 968. The maximum atomic E-state index is 12.5. The standard InChI is InChI=1S/C20H21ClN4O2/c1-13-5-4-6-16(11-13)27-10-9-22-20(26)19-17(21)7-8-18(23-19)25-15(3)12-14(2)24-25/h4-8,11-12H,9-10H2,1-3H3,(H,22,26). The number of carbonyl (C=O) groups is 1. The summed E-state index contributed by atoms with van der Waals surface area (Å²) in [6.07, 6.45) is 0. The van der Waals surface area contributed by atoms with Crippen molar-refractivity contribution in [2.45, 2.75) is 20.8 Å². The number of nitrogens with zero attached hydrogens (tertiary/aromatic N) is 3. The molecule has 2 aromatic heterocycles. The van der Waals surface area contributed by atoms with E-state index in [4.69, 9.17) is 16.3 Å². The van der Waals surface area contributed by atoms with Crippen LogP contribution < -0.4 is 10.1 Å². The predicted octanol–water partition coefficient (Wildman–Crippen LogP) is 3.65. The van der Waals surface area contributed by atoms with Gasteiger partial charge in [0, 0.05) is 5.69 Å². The summed E-state index contributed by atoms with van der Waals surface area (Å²) in [6.45, 7) is 6.52. The zero-order valence-electron chi connectivity index (χ0n) is 15.5. The van der Waals surface area contributed by atoms with E-state index < -0.39 is 0 Å². The van der Waals surface area contributed by atoms with Crippen LogP contribution in [-0.2, 0) is 0 Å². The molecule has 0 unspecified atom stereocenters. The Labute approximate surface area is 163 Å². The molecule has 0 radical (unpaired) electrons. The Morgan fingerprint density at radius 1 is 1.19 bits per heavy atom. The van der Waals surface area contributed by atoms with Crippen molar-refractivity contribution >= 4 is 17.5 Å². The molecule has 0 aliphatic heterocycles. The molecule has 3 aromatic rings. The van der Waals surface area contributed by atoms with Gasteiger partial charge in [-0.1, -0.05) is 23.7 Å². The summed E-state index contributed by atoms with van der Waals surface area (Å²) in [5.74, 6) is 0.967. The maximum Gasteiger partial charge on any atom is 0.271 e. The second kappa shape index (κ2) is 8.22. The number of carbonyl (C=O) groups excluding carboxylic acids is 1. The SMILES string of the molecule is Cc1cccc(OCCNC(=O)c2nc(-n3nc(C)cc3C)ccc2Cl)c1. The zero-order chi connectivity index (χ0) is 19.4. The van der Waals surface area contributed by atoms with Gasteiger partial charge in [-0.05, 0) is 56.7 Å². The largest absolute Gasteiger partial charge is 0.492 e. The van der Waals surface area contributed by atoms with Gasteiger partial charge in [-0.15, -0.1) is 0 Å². The number of ether oxygens (including phenoxy) is 1. The van der Waals surface area contributed by atoms with Gasteiger partial charge in [-0.25, -0.2) is 9.67 Å². The monoisotopic (exact) mass is 384 g/mol. The predicted molar refractivity (Wildman–Crippen MR) is 105 cm³/mol. The molecule has 0 bridgehead atoms. The lowest BCUT2D eigenvalue weighted by Crippen LogP contribution is -2.29. The minimum Gasteiger partial charge on any atom is -0.492 e. The number of amides is 1. The normalized spacial score (nSPS) is 10.7. The van der Waals surface area contributed by atoms with Gasteiger partial charge in [0.15, 0.2) is 5.82 Å². The Morgan fingerprint density at radius 3 is 2.70 bits per heavy atom. The van der Waals surface area contributed by atoms with E-state index in [0.717, 1.165) is 22.7 Å². The first-order valence-electron chi connectivity index (χ1n) is 8.62. The number of hydrogen-bond donors (Lipinski definition) is 1. The minimum atomic E-state index is -0.351. The van der Waals surface area contributed by atoms with Gasteiger partial charge in [0.05, 0.1) is 17.3 Å². The zero-order valence-corrected chi connectivity index (χ0v) is 16.2. The molecule has 1 N–H and O–H groups in total. The van der Waals surface area contributed by atoms with Gasteiger partial charge in [-0.3, -0.25) is 4.79 Å². The van der Waals surface area contributed by atoms with E-state index in [1.54, 1.807) is 16.8 Å². The lowest BCUT2D eigenvalue weighted by molar-refractivity contribution is 0.0942. The maximum absolute atomic E-state index is 12.5. The van der Waals surface area contributed by atoms with Gasteiger partial charge in [-0.2, -0.15) is 5.10 Å². The summed E-state index contributed by atoms with van der Waals surface area (Å²) in [5.41, 5.74) is 3.09. The summed E-state index contributed by atoms with van der Waals surface area (Å²) >= 11 is 6.17. The fourth-order valence-corrected chi connectivity index (χ4v) is 2.88. The molecule has 0 aliphatic rings. The first-order chi connectivity index (χ1) is 12.9. The molecular formula is C20H21ClN4O2. The molecule has 3 rings (SSSR count). The van der Waals surface area contributed by atoms with Crippen molar-refractivity contribution in [2.75, 3.05) is 13.2 Å². The molecule has 140 valence electrons. The van der Waals surface area contributed by atoms with Crippen LogP contribution in [0, 0.1) is 20.8 Å². The van der Waals surface area contributed by atoms with E-state index in [-0.39, 0.29) is 16.6 Å². The highest BCUT2D eigenvalue weighted by atomic mass is 35.5. The number of benzene rings is 1. The molecule has 6 nitrogen and oxygen atoms in total. The topological polar surface area (TPSA) is 69.0 Å². The molecule has 0 aliphatic carbocycles. The number of pyridine rings is 1. The fourth-order valence-electron chi connectivity index (χ4n) is 2.69. The lowest BCUT2D eigenvalue weighted by atomic mass is 10.2. The molecular weight excluding hydrogens is 364 g/mol. The number of hydrogen-bond acceptors (Lipinski definition) is 4. The van der Waals surface area contributed by atoms with Crippen LogP contribution in [0.15, 0.2) is 42.5 Å². The Kier molecular flexibility index (Phi) is 5.76. The van der Waals surface area contributed by atoms with Gasteiger partial charge in [0.2, 0.25) is 0 Å². The Hall–Kier alpha value is -2.86. The molecule has 2 heterocycles. The van der Waals surface area contributed by atoms with Crippen molar-refractivity contribution in [3.63, 3.8) is 0 Å². The molecule has 1 aromatic carbocycles. The number of aromatic nitrogens is 3. The lowest BCUT2D eigenvalue weighted by Gasteiger charge is -2.10. The number of rotatable bonds is 6. The number of halogens is 1. The van der Waals surface area contributed by atoms with Gasteiger partial charge in [0.1, 0.15) is 18.1 Å². The summed E-state index contributed by atoms with van der Waals surface area (Å²) in [4.78, 5) is 16.8. The molecule has 1 amide bonds. The molecule has 0 atom stereocenters. The van der Waals surface area contributed by atoms with Crippen molar-refractivity contribution in [2.24, 2.45) is 0 Å².